The molecule has 0 radical (unpaired) electrons. The summed E-state index contributed by atoms with van der Waals surface area (Å²) in [6, 6.07) is 7.82. The average Bonchev–Trinajstić information content (AvgIpc) is 3.12. The second-order valence-corrected chi connectivity index (χ2v) is 10.4. The number of benzene rings is 1. The normalized spacial score (nSPS) is 20.4. The van der Waals surface area contributed by atoms with Crippen molar-refractivity contribution in [1.82, 2.24) is 29.7 Å². The highest BCUT2D eigenvalue weighted by molar-refractivity contribution is 6.30. The van der Waals surface area contributed by atoms with Crippen LogP contribution in [0.4, 0.5) is 5.82 Å². The molecule has 190 valence electrons. The molecule has 1 aromatic carbocycles. The van der Waals surface area contributed by atoms with E-state index in [0.29, 0.717) is 41.6 Å². The Morgan fingerprint density at radius 2 is 1.81 bits per heavy atom. The lowest BCUT2D eigenvalue weighted by molar-refractivity contribution is -0.136. The van der Waals surface area contributed by atoms with Gasteiger partial charge in [0.05, 0.1) is 5.92 Å². The van der Waals surface area contributed by atoms with Crippen molar-refractivity contribution in [3.8, 4) is 0 Å². The second-order valence-electron chi connectivity index (χ2n) is 9.92. The second kappa shape index (κ2) is 9.67. The van der Waals surface area contributed by atoms with Crippen LogP contribution in [0, 0.1) is 0 Å². The van der Waals surface area contributed by atoms with Crippen molar-refractivity contribution in [2.75, 3.05) is 24.5 Å². The number of piperazine rings is 1. The van der Waals surface area contributed by atoms with Crippen LogP contribution in [0.15, 0.2) is 40.2 Å². The number of aryl methyl sites for hydroxylation is 1. The molecule has 0 saturated carbocycles. The summed E-state index contributed by atoms with van der Waals surface area (Å²) in [5, 5.41) is 4.07. The number of amides is 1. The van der Waals surface area contributed by atoms with Crippen LogP contribution in [0.3, 0.4) is 0 Å². The summed E-state index contributed by atoms with van der Waals surface area (Å²) < 4.78 is 1.30. The van der Waals surface area contributed by atoms with Gasteiger partial charge in [0.15, 0.2) is 11.5 Å². The summed E-state index contributed by atoms with van der Waals surface area (Å²) in [6.07, 6.45) is 3.19. The lowest BCUT2D eigenvalue weighted by Crippen LogP contribution is -2.58. The van der Waals surface area contributed by atoms with E-state index in [-0.39, 0.29) is 30.0 Å². The van der Waals surface area contributed by atoms with Crippen molar-refractivity contribution >= 4 is 34.5 Å². The quantitative estimate of drug-likeness (QED) is 0.483. The van der Waals surface area contributed by atoms with Gasteiger partial charge in [-0.3, -0.25) is 14.4 Å². The number of rotatable bonds is 6. The number of halogens is 1. The van der Waals surface area contributed by atoms with Crippen LogP contribution < -0.4 is 21.3 Å². The first-order valence-electron chi connectivity index (χ1n) is 12.2. The smallest absolute Gasteiger partial charge is 0.316 e. The van der Waals surface area contributed by atoms with Crippen molar-refractivity contribution in [3.63, 3.8) is 0 Å². The first kappa shape index (κ1) is 24.5. The van der Waals surface area contributed by atoms with E-state index in [4.69, 9.17) is 11.6 Å². The van der Waals surface area contributed by atoms with Gasteiger partial charge in [-0.1, -0.05) is 37.6 Å². The van der Waals surface area contributed by atoms with E-state index in [1.807, 2.05) is 24.3 Å². The van der Waals surface area contributed by atoms with Gasteiger partial charge in [-0.15, -0.1) is 0 Å². The summed E-state index contributed by atoms with van der Waals surface area (Å²) in [6.45, 7) is 5.86. The van der Waals surface area contributed by atoms with Crippen molar-refractivity contribution in [2.24, 2.45) is 7.05 Å². The molecule has 2 aliphatic heterocycles. The molecule has 1 amide bonds. The zero-order valence-electron chi connectivity index (χ0n) is 20.6. The largest absolute Gasteiger partial charge is 0.351 e. The van der Waals surface area contributed by atoms with E-state index in [0.717, 1.165) is 18.4 Å². The third-order valence-electron chi connectivity index (χ3n) is 7.21. The van der Waals surface area contributed by atoms with Crippen molar-refractivity contribution in [1.29, 1.82) is 0 Å². The minimum Gasteiger partial charge on any atom is -0.351 e. The molecule has 0 aliphatic carbocycles. The summed E-state index contributed by atoms with van der Waals surface area (Å²) in [7, 11) is 1.56. The Bertz CT molecular complexity index is 1390. The highest BCUT2D eigenvalue weighted by Gasteiger charge is 2.45. The Kier molecular flexibility index (Phi) is 6.57. The van der Waals surface area contributed by atoms with Gasteiger partial charge in [0.1, 0.15) is 11.8 Å². The number of fused-ring (bicyclic) bond motifs is 3. The number of nitrogens with one attached hydrogen (secondary N) is 2. The molecule has 36 heavy (non-hydrogen) atoms. The lowest BCUT2D eigenvalue weighted by Gasteiger charge is -2.43. The summed E-state index contributed by atoms with van der Waals surface area (Å²) in [4.78, 5) is 53.6. The topological polar surface area (TPSA) is 116 Å². The predicted molar refractivity (Wildman–Crippen MR) is 139 cm³/mol. The predicted octanol–water partition coefficient (Wildman–Crippen LogP) is 1.63. The Balaban J connectivity index is 1.44. The monoisotopic (exact) mass is 511 g/mol. The number of hydrogen-bond donors (Lipinski definition) is 2. The number of H-pyrrole nitrogens is 1. The molecular formula is C25H30ClN7O3. The zero-order valence-corrected chi connectivity index (χ0v) is 21.3. The maximum absolute atomic E-state index is 14.0. The van der Waals surface area contributed by atoms with Crippen molar-refractivity contribution in [2.45, 2.75) is 50.7 Å². The fraction of sp³-hybridized carbons (Fsp3) is 0.480. The Labute approximate surface area is 213 Å². The lowest BCUT2D eigenvalue weighted by atomic mass is 9.95. The number of carbonyl (C=O) groups is 1. The molecule has 2 aliphatic rings. The number of aromatic amines is 1. The Hall–Kier alpha value is -3.24. The fourth-order valence-corrected chi connectivity index (χ4v) is 5.55. The maximum atomic E-state index is 14.0. The first-order chi connectivity index (χ1) is 17.2. The van der Waals surface area contributed by atoms with Crippen LogP contribution >= 0.6 is 11.6 Å². The third-order valence-corrected chi connectivity index (χ3v) is 7.46. The van der Waals surface area contributed by atoms with Gasteiger partial charge < -0.3 is 24.7 Å². The van der Waals surface area contributed by atoms with E-state index in [9.17, 15) is 14.4 Å². The van der Waals surface area contributed by atoms with Crippen LogP contribution in [-0.4, -0.2) is 68.1 Å². The van der Waals surface area contributed by atoms with Gasteiger partial charge in [-0.05, 0) is 30.5 Å². The van der Waals surface area contributed by atoms with Gasteiger partial charge in [0.2, 0.25) is 5.91 Å². The van der Waals surface area contributed by atoms with Gasteiger partial charge >= 0.3 is 11.1 Å². The number of carbonyl (C=O) groups excluding carboxylic acids is 1. The molecule has 0 spiro atoms. The molecule has 3 atom stereocenters. The van der Waals surface area contributed by atoms with Crippen LogP contribution in [0.2, 0.25) is 5.02 Å². The molecule has 3 aromatic rings. The highest BCUT2D eigenvalue weighted by atomic mass is 35.5. The summed E-state index contributed by atoms with van der Waals surface area (Å²) >= 11 is 6.11. The van der Waals surface area contributed by atoms with Crippen LogP contribution in [0.25, 0.3) is 11.2 Å². The molecule has 5 rings (SSSR count). The van der Waals surface area contributed by atoms with Gasteiger partial charge in [-0.2, -0.15) is 0 Å². The Morgan fingerprint density at radius 3 is 2.44 bits per heavy atom. The van der Waals surface area contributed by atoms with E-state index in [2.05, 4.69) is 43.9 Å². The van der Waals surface area contributed by atoms with Crippen LogP contribution in [0.1, 0.15) is 38.2 Å². The van der Waals surface area contributed by atoms with Crippen LogP contribution in [-0.2, 0) is 11.8 Å². The fourth-order valence-electron chi connectivity index (χ4n) is 5.43. The maximum Gasteiger partial charge on any atom is 0.316 e. The molecule has 2 fully saturated rings. The summed E-state index contributed by atoms with van der Waals surface area (Å²) in [5.74, 6) is 0.391. The number of hydrogen-bond acceptors (Lipinski definition) is 7. The van der Waals surface area contributed by atoms with Crippen molar-refractivity contribution < 1.29 is 4.79 Å². The minimum absolute atomic E-state index is 0.0231. The van der Waals surface area contributed by atoms with E-state index in [1.165, 1.54) is 10.9 Å². The van der Waals surface area contributed by atoms with E-state index >= 15 is 0 Å². The molecule has 4 heterocycles. The SMILES string of the molecule is CC(C)NC[C@@H](C(=O)N1C2CCC1CN(c1ncnc3[nH]c(=O)c(=O)n(C)c13)C2)c1ccc(Cl)cc1. The van der Waals surface area contributed by atoms with Gasteiger partial charge in [-0.25, -0.2) is 9.97 Å². The van der Waals surface area contributed by atoms with Crippen LogP contribution in [0.5, 0.6) is 0 Å². The molecule has 2 N–H and O–H groups in total. The highest BCUT2D eigenvalue weighted by Crippen LogP contribution is 2.36. The van der Waals surface area contributed by atoms with E-state index in [1.54, 1.807) is 7.05 Å². The first-order valence-corrected chi connectivity index (χ1v) is 12.6. The third kappa shape index (κ3) is 4.39. The molecule has 2 aromatic heterocycles. The number of anilines is 1. The number of aromatic nitrogens is 4. The Morgan fingerprint density at radius 1 is 1.14 bits per heavy atom. The molecule has 2 bridgehead atoms. The number of nitrogens with zero attached hydrogens (tertiary/aromatic N) is 5. The molecular weight excluding hydrogens is 482 g/mol. The summed E-state index contributed by atoms with van der Waals surface area (Å²) in [5.41, 5.74) is 0.384. The average molecular weight is 512 g/mol. The molecule has 11 heteroatoms. The van der Waals surface area contributed by atoms with E-state index < -0.39 is 11.1 Å². The zero-order chi connectivity index (χ0) is 25.6. The standard InChI is InChI=1S/C25H30ClN7O3/c1-14(2)27-10-19(15-4-6-16(26)7-5-15)24(35)33-17-8-9-18(33)12-32(11-17)22-20-21(28-13-29-22)30-23(34)25(36)31(20)3/h4-7,13-14,17-19,27H,8-12H2,1-3H3,(H,28,29,30,34)/t17?,18?,19-/m1/s1. The molecule has 2 unspecified atom stereocenters. The molecule has 10 nitrogen and oxygen atoms in total. The minimum atomic E-state index is -0.714. The van der Waals surface area contributed by atoms with Gasteiger partial charge in [0.25, 0.3) is 0 Å². The molecule has 2 saturated heterocycles. The van der Waals surface area contributed by atoms with Crippen molar-refractivity contribution in [3.05, 3.63) is 61.9 Å². The van der Waals surface area contributed by atoms with Gasteiger partial charge in [0, 0.05) is 49.8 Å².